The van der Waals surface area contributed by atoms with Crippen LogP contribution in [0.5, 0.6) is 0 Å². The zero-order valence-corrected chi connectivity index (χ0v) is 7.87. The van der Waals surface area contributed by atoms with Crippen LogP contribution in [0, 0.1) is 18.8 Å². The number of hydrogen-bond donors (Lipinski definition) is 2. The predicted molar refractivity (Wildman–Crippen MR) is 53.7 cm³/mol. The smallest absolute Gasteiger partial charge is 0.248 e. The van der Waals surface area contributed by atoms with Crippen molar-refractivity contribution in [3.63, 3.8) is 0 Å². The highest BCUT2D eigenvalue weighted by Gasteiger charge is 2.01. The zero-order valence-electron chi connectivity index (χ0n) is 7.87. The Bertz CT molecular complexity index is 413. The molecule has 0 aromatic heterocycles. The quantitative estimate of drug-likeness (QED) is 0.629. The lowest BCUT2D eigenvalue weighted by Crippen LogP contribution is -2.11. The summed E-state index contributed by atoms with van der Waals surface area (Å²) in [6, 6.07) is 5.14. The Labute approximate surface area is 82.6 Å². The first-order valence-corrected chi connectivity index (χ1v) is 4.14. The first-order valence-electron chi connectivity index (χ1n) is 4.14. The third-order valence-corrected chi connectivity index (χ3v) is 1.67. The highest BCUT2D eigenvalue weighted by molar-refractivity contribution is 5.93. The van der Waals surface area contributed by atoms with Gasteiger partial charge in [-0.1, -0.05) is 11.8 Å². The largest absolute Gasteiger partial charge is 0.384 e. The molecule has 0 saturated carbocycles. The number of carbonyl (C=O) groups is 1. The molecule has 0 bridgehead atoms. The van der Waals surface area contributed by atoms with Gasteiger partial charge in [0.05, 0.1) is 0 Å². The van der Waals surface area contributed by atoms with E-state index in [9.17, 15) is 4.79 Å². The maximum Gasteiger partial charge on any atom is 0.248 e. The fourth-order valence-electron chi connectivity index (χ4n) is 1.14. The van der Waals surface area contributed by atoms with Crippen LogP contribution >= 0.6 is 0 Å². The molecule has 0 unspecified atom stereocenters. The molecule has 1 rings (SSSR count). The molecule has 0 spiro atoms. The molecule has 1 amide bonds. The first kappa shape index (κ1) is 10.3. The van der Waals surface area contributed by atoms with Crippen LogP contribution in [0.2, 0.25) is 0 Å². The van der Waals surface area contributed by atoms with Crippen molar-refractivity contribution < 1.29 is 9.90 Å². The van der Waals surface area contributed by atoms with Gasteiger partial charge in [0.15, 0.2) is 0 Å². The number of aliphatic hydroxyl groups is 1. The predicted octanol–water partition coefficient (Wildman–Crippen LogP) is 0.438. The summed E-state index contributed by atoms with van der Waals surface area (Å²) in [7, 11) is 0. The molecule has 0 aliphatic rings. The Morgan fingerprint density at radius 3 is 2.79 bits per heavy atom. The number of aryl methyl sites for hydroxylation is 1. The Balaban J connectivity index is 3.13. The topological polar surface area (TPSA) is 63.3 Å². The van der Waals surface area contributed by atoms with Gasteiger partial charge in [-0.3, -0.25) is 4.79 Å². The average Bonchev–Trinajstić information content (AvgIpc) is 2.14. The number of amides is 1. The molecule has 0 atom stereocenters. The highest BCUT2D eigenvalue weighted by Crippen LogP contribution is 2.08. The number of aliphatic hydroxyl groups excluding tert-OH is 1. The van der Waals surface area contributed by atoms with Gasteiger partial charge < -0.3 is 10.8 Å². The van der Waals surface area contributed by atoms with Gasteiger partial charge in [0.1, 0.15) is 6.61 Å². The lowest BCUT2D eigenvalue weighted by atomic mass is 10.1. The summed E-state index contributed by atoms with van der Waals surface area (Å²) in [5.41, 5.74) is 7.19. The number of primary amides is 1. The van der Waals surface area contributed by atoms with Crippen LogP contribution < -0.4 is 5.73 Å². The molecule has 0 fully saturated rings. The minimum absolute atomic E-state index is 0.195. The molecule has 0 radical (unpaired) electrons. The van der Waals surface area contributed by atoms with E-state index in [4.69, 9.17) is 10.8 Å². The number of carbonyl (C=O) groups excluding carboxylic acids is 1. The summed E-state index contributed by atoms with van der Waals surface area (Å²) >= 11 is 0. The van der Waals surface area contributed by atoms with Crippen molar-refractivity contribution in [2.75, 3.05) is 6.61 Å². The molecule has 0 aliphatic carbocycles. The fraction of sp³-hybridized carbons (Fsp3) is 0.182. The third kappa shape index (κ3) is 2.61. The zero-order chi connectivity index (χ0) is 10.6. The third-order valence-electron chi connectivity index (χ3n) is 1.67. The van der Waals surface area contributed by atoms with E-state index in [0.717, 1.165) is 5.56 Å². The monoisotopic (exact) mass is 189 g/mol. The van der Waals surface area contributed by atoms with E-state index >= 15 is 0 Å². The van der Waals surface area contributed by atoms with Crippen LogP contribution in [0.3, 0.4) is 0 Å². The number of rotatable bonds is 1. The molecule has 3 nitrogen and oxygen atoms in total. The van der Waals surface area contributed by atoms with Gasteiger partial charge in [0.25, 0.3) is 0 Å². The van der Waals surface area contributed by atoms with Crippen LogP contribution in [-0.2, 0) is 0 Å². The Morgan fingerprint density at radius 1 is 1.50 bits per heavy atom. The lowest BCUT2D eigenvalue weighted by Gasteiger charge is -1.99. The molecule has 72 valence electrons. The van der Waals surface area contributed by atoms with Crippen molar-refractivity contribution in [2.24, 2.45) is 5.73 Å². The van der Waals surface area contributed by atoms with E-state index in [1.54, 1.807) is 12.1 Å². The second-order valence-corrected chi connectivity index (χ2v) is 2.91. The van der Waals surface area contributed by atoms with Gasteiger partial charge in [0, 0.05) is 11.1 Å². The summed E-state index contributed by atoms with van der Waals surface area (Å²) in [6.45, 7) is 1.66. The molecular formula is C11H11NO2. The van der Waals surface area contributed by atoms with Gasteiger partial charge in [-0.05, 0) is 30.7 Å². The van der Waals surface area contributed by atoms with Crippen molar-refractivity contribution in [1.29, 1.82) is 0 Å². The van der Waals surface area contributed by atoms with Crippen LogP contribution in [0.25, 0.3) is 0 Å². The molecule has 0 saturated heterocycles. The molecule has 1 aromatic carbocycles. The van der Waals surface area contributed by atoms with E-state index < -0.39 is 5.91 Å². The van der Waals surface area contributed by atoms with Crippen molar-refractivity contribution in [3.8, 4) is 11.8 Å². The second-order valence-electron chi connectivity index (χ2n) is 2.91. The van der Waals surface area contributed by atoms with Crippen molar-refractivity contribution in [3.05, 3.63) is 34.9 Å². The van der Waals surface area contributed by atoms with E-state index in [-0.39, 0.29) is 6.61 Å². The molecule has 3 heteroatoms. The fourth-order valence-corrected chi connectivity index (χ4v) is 1.14. The van der Waals surface area contributed by atoms with Gasteiger partial charge in [-0.2, -0.15) is 0 Å². The summed E-state index contributed by atoms with van der Waals surface area (Å²) in [4.78, 5) is 10.9. The van der Waals surface area contributed by atoms with Crippen molar-refractivity contribution in [2.45, 2.75) is 6.92 Å². The summed E-state index contributed by atoms with van der Waals surface area (Å²) in [5, 5.41) is 8.51. The van der Waals surface area contributed by atoms with Crippen molar-refractivity contribution >= 4 is 5.91 Å². The Kier molecular flexibility index (Phi) is 3.27. The minimum atomic E-state index is -0.472. The molecule has 0 aliphatic heterocycles. The molecule has 14 heavy (non-hydrogen) atoms. The van der Waals surface area contributed by atoms with Gasteiger partial charge in [-0.15, -0.1) is 0 Å². The Morgan fingerprint density at radius 2 is 2.21 bits per heavy atom. The Hall–Kier alpha value is -1.79. The van der Waals surface area contributed by atoms with E-state index in [0.29, 0.717) is 11.1 Å². The minimum Gasteiger partial charge on any atom is -0.384 e. The van der Waals surface area contributed by atoms with Crippen LogP contribution in [-0.4, -0.2) is 17.6 Å². The maximum atomic E-state index is 10.9. The molecular weight excluding hydrogens is 178 g/mol. The molecule has 3 N–H and O–H groups in total. The van der Waals surface area contributed by atoms with Crippen LogP contribution in [0.4, 0.5) is 0 Å². The summed E-state index contributed by atoms with van der Waals surface area (Å²) in [5.74, 6) is 4.76. The van der Waals surface area contributed by atoms with Crippen LogP contribution in [0.15, 0.2) is 18.2 Å². The van der Waals surface area contributed by atoms with Gasteiger partial charge in [0.2, 0.25) is 5.91 Å². The number of hydrogen-bond acceptors (Lipinski definition) is 2. The summed E-state index contributed by atoms with van der Waals surface area (Å²) < 4.78 is 0. The standard InChI is InChI=1S/C11H11NO2/c1-8-5-9(3-2-4-13)7-10(6-8)11(12)14/h5-7,13H,4H2,1H3,(H2,12,14). The van der Waals surface area contributed by atoms with E-state index in [1.807, 2.05) is 13.0 Å². The van der Waals surface area contributed by atoms with E-state index in [2.05, 4.69) is 11.8 Å². The SMILES string of the molecule is Cc1cc(C#CCO)cc(C(N)=O)c1. The second kappa shape index (κ2) is 4.45. The normalized spacial score (nSPS) is 9.00. The van der Waals surface area contributed by atoms with Gasteiger partial charge in [-0.25, -0.2) is 0 Å². The van der Waals surface area contributed by atoms with Crippen molar-refractivity contribution in [1.82, 2.24) is 0 Å². The summed E-state index contributed by atoms with van der Waals surface area (Å²) in [6.07, 6.45) is 0. The van der Waals surface area contributed by atoms with Crippen LogP contribution in [0.1, 0.15) is 21.5 Å². The number of benzene rings is 1. The lowest BCUT2D eigenvalue weighted by molar-refractivity contribution is 0.1000. The molecule has 1 aromatic rings. The van der Waals surface area contributed by atoms with Gasteiger partial charge >= 0.3 is 0 Å². The first-order chi connectivity index (χ1) is 6.63. The van der Waals surface area contributed by atoms with E-state index in [1.165, 1.54) is 0 Å². The maximum absolute atomic E-state index is 10.9. The highest BCUT2D eigenvalue weighted by atomic mass is 16.2. The average molecular weight is 189 g/mol. The number of nitrogens with two attached hydrogens (primary N) is 1. The molecule has 0 heterocycles.